The molecule has 10 heteroatoms. The molecule has 1 atom stereocenters. The van der Waals surface area contributed by atoms with Crippen LogP contribution in [-0.4, -0.2) is 33.5 Å². The van der Waals surface area contributed by atoms with Gasteiger partial charge in [-0.25, -0.2) is 22.0 Å². The van der Waals surface area contributed by atoms with E-state index >= 15 is 0 Å². The minimum absolute atomic E-state index is 0.0846. The van der Waals surface area contributed by atoms with Crippen LogP contribution in [0, 0.1) is 11.6 Å². The Morgan fingerprint density at radius 1 is 1.19 bits per heavy atom. The zero-order valence-electron chi connectivity index (χ0n) is 14.4. The zero-order chi connectivity index (χ0) is 20.0. The van der Waals surface area contributed by atoms with Crippen LogP contribution in [0.2, 0.25) is 0 Å². The molecule has 0 heterocycles. The van der Waals surface area contributed by atoms with Crippen molar-refractivity contribution in [3.05, 3.63) is 54.1 Å². The maximum absolute atomic E-state index is 14.0. The van der Waals surface area contributed by atoms with Crippen LogP contribution < -0.4 is 9.46 Å². The number of esters is 1. The highest BCUT2D eigenvalue weighted by atomic mass is 32.2. The lowest BCUT2D eigenvalue weighted by atomic mass is 10.3. The van der Waals surface area contributed by atoms with Crippen molar-refractivity contribution in [2.45, 2.75) is 22.1 Å². The first-order valence-electron chi connectivity index (χ1n) is 7.65. The Balaban J connectivity index is 2.07. The molecule has 0 bridgehead atoms. The average molecular weight is 417 g/mol. The summed E-state index contributed by atoms with van der Waals surface area (Å²) in [4.78, 5) is 11.2. The van der Waals surface area contributed by atoms with Gasteiger partial charge in [-0.2, -0.15) is 4.72 Å². The first kappa shape index (κ1) is 21.1. The molecule has 0 aromatic heterocycles. The molecule has 1 N–H and O–H groups in total. The van der Waals surface area contributed by atoms with E-state index in [-0.39, 0.29) is 9.79 Å². The Bertz CT molecular complexity index is 884. The van der Waals surface area contributed by atoms with E-state index in [1.807, 2.05) is 0 Å². The normalized spacial score (nSPS) is 12.4. The number of halogens is 2. The highest BCUT2D eigenvalue weighted by molar-refractivity contribution is 8.00. The summed E-state index contributed by atoms with van der Waals surface area (Å²) < 4.78 is 64.1. The SMILES string of the molecule is COC(=O)COc1c(F)cc(SC(C)NS(=O)(=O)c2ccccc2)cc1F. The lowest BCUT2D eigenvalue weighted by Crippen LogP contribution is -2.30. The van der Waals surface area contributed by atoms with Crippen molar-refractivity contribution < 1.29 is 31.5 Å². The number of ether oxygens (including phenoxy) is 2. The van der Waals surface area contributed by atoms with E-state index in [1.54, 1.807) is 25.1 Å². The predicted octanol–water partition coefficient (Wildman–Crippen LogP) is 2.93. The van der Waals surface area contributed by atoms with Crippen molar-refractivity contribution in [2.24, 2.45) is 0 Å². The van der Waals surface area contributed by atoms with Gasteiger partial charge in [0.15, 0.2) is 24.0 Å². The summed E-state index contributed by atoms with van der Waals surface area (Å²) in [7, 11) is -2.64. The molecular formula is C17H17F2NO5S2. The molecule has 2 rings (SSSR count). The smallest absolute Gasteiger partial charge is 0.343 e. The second-order valence-corrected chi connectivity index (χ2v) is 8.40. The third-order valence-corrected chi connectivity index (χ3v) is 5.91. The molecular weight excluding hydrogens is 400 g/mol. The van der Waals surface area contributed by atoms with E-state index in [4.69, 9.17) is 4.74 Å². The maximum Gasteiger partial charge on any atom is 0.343 e. The fourth-order valence-corrected chi connectivity index (χ4v) is 4.46. The zero-order valence-corrected chi connectivity index (χ0v) is 16.1. The Labute approximate surface area is 159 Å². The third-order valence-electron chi connectivity index (χ3n) is 3.22. The van der Waals surface area contributed by atoms with Crippen LogP contribution >= 0.6 is 11.8 Å². The number of hydrogen-bond donors (Lipinski definition) is 1. The number of nitrogens with one attached hydrogen (secondary N) is 1. The largest absolute Gasteiger partial charge is 0.476 e. The van der Waals surface area contributed by atoms with Gasteiger partial charge in [-0.05, 0) is 31.2 Å². The maximum atomic E-state index is 14.0. The first-order valence-corrected chi connectivity index (χ1v) is 10.0. The van der Waals surface area contributed by atoms with E-state index < -0.39 is 45.4 Å². The quantitative estimate of drug-likeness (QED) is 0.404. The van der Waals surface area contributed by atoms with Crippen molar-refractivity contribution in [3.8, 4) is 5.75 Å². The van der Waals surface area contributed by atoms with Gasteiger partial charge in [0.1, 0.15) is 0 Å². The molecule has 146 valence electrons. The molecule has 0 saturated heterocycles. The number of carbonyl (C=O) groups excluding carboxylic acids is 1. The topological polar surface area (TPSA) is 81.7 Å². The second-order valence-electron chi connectivity index (χ2n) is 5.28. The Morgan fingerprint density at radius 2 is 1.78 bits per heavy atom. The van der Waals surface area contributed by atoms with Crippen LogP contribution in [0.3, 0.4) is 0 Å². The number of sulfonamides is 1. The molecule has 27 heavy (non-hydrogen) atoms. The number of hydrogen-bond acceptors (Lipinski definition) is 6. The van der Waals surface area contributed by atoms with Gasteiger partial charge in [-0.1, -0.05) is 18.2 Å². The van der Waals surface area contributed by atoms with Gasteiger partial charge in [-0.15, -0.1) is 11.8 Å². The molecule has 2 aromatic rings. The molecule has 0 saturated carbocycles. The molecule has 2 aromatic carbocycles. The van der Waals surface area contributed by atoms with Crippen molar-refractivity contribution in [1.82, 2.24) is 4.72 Å². The summed E-state index contributed by atoms with van der Waals surface area (Å²) >= 11 is 0.914. The van der Waals surface area contributed by atoms with Crippen molar-refractivity contribution in [1.29, 1.82) is 0 Å². The van der Waals surface area contributed by atoms with E-state index in [0.29, 0.717) is 0 Å². The molecule has 0 aliphatic rings. The molecule has 0 radical (unpaired) electrons. The van der Waals surface area contributed by atoms with Crippen LogP contribution in [0.25, 0.3) is 0 Å². The van der Waals surface area contributed by atoms with Crippen molar-refractivity contribution in [2.75, 3.05) is 13.7 Å². The minimum Gasteiger partial charge on any atom is -0.476 e. The number of methoxy groups -OCH3 is 1. The van der Waals surface area contributed by atoms with Crippen LogP contribution in [0.15, 0.2) is 52.3 Å². The Hall–Kier alpha value is -2.17. The number of thioether (sulfide) groups is 1. The molecule has 0 spiro atoms. The first-order chi connectivity index (χ1) is 12.7. The molecule has 0 aliphatic carbocycles. The second kappa shape index (κ2) is 9.16. The van der Waals surface area contributed by atoms with E-state index in [1.165, 1.54) is 12.1 Å². The number of carbonyl (C=O) groups is 1. The summed E-state index contributed by atoms with van der Waals surface area (Å²) in [5, 5.41) is -0.698. The molecule has 0 amide bonds. The van der Waals surface area contributed by atoms with Crippen LogP contribution in [0.4, 0.5) is 8.78 Å². The fourth-order valence-electron chi connectivity index (χ4n) is 2.05. The van der Waals surface area contributed by atoms with Gasteiger partial charge < -0.3 is 9.47 Å². The third kappa shape index (κ3) is 5.91. The van der Waals surface area contributed by atoms with Gasteiger partial charge in [-0.3, -0.25) is 0 Å². The van der Waals surface area contributed by atoms with Crippen molar-refractivity contribution in [3.63, 3.8) is 0 Å². The predicted molar refractivity (Wildman–Crippen MR) is 96.0 cm³/mol. The van der Waals surface area contributed by atoms with Crippen LogP contribution in [-0.2, 0) is 19.6 Å². The van der Waals surface area contributed by atoms with E-state index in [9.17, 15) is 22.0 Å². The summed E-state index contributed by atoms with van der Waals surface area (Å²) in [5.41, 5.74) is 0. The van der Waals surface area contributed by atoms with Crippen molar-refractivity contribution >= 4 is 27.8 Å². The van der Waals surface area contributed by atoms with E-state index in [0.717, 1.165) is 31.0 Å². The van der Waals surface area contributed by atoms with Gasteiger partial charge in [0.2, 0.25) is 10.0 Å². The average Bonchev–Trinajstić information content (AvgIpc) is 2.61. The minimum atomic E-state index is -3.76. The summed E-state index contributed by atoms with van der Waals surface area (Å²) in [6.45, 7) is 0.909. The summed E-state index contributed by atoms with van der Waals surface area (Å²) in [6, 6.07) is 9.72. The van der Waals surface area contributed by atoms with Gasteiger partial charge in [0, 0.05) is 4.90 Å². The monoisotopic (exact) mass is 417 g/mol. The molecule has 0 aliphatic heterocycles. The highest BCUT2D eigenvalue weighted by Gasteiger charge is 2.20. The van der Waals surface area contributed by atoms with E-state index in [2.05, 4.69) is 9.46 Å². The lowest BCUT2D eigenvalue weighted by Gasteiger charge is -2.15. The summed E-state index contributed by atoms with van der Waals surface area (Å²) in [5.74, 6) is -3.52. The number of rotatable bonds is 8. The lowest BCUT2D eigenvalue weighted by molar-refractivity contribution is -0.143. The number of benzene rings is 2. The Kier molecular flexibility index (Phi) is 7.17. The Morgan fingerprint density at radius 3 is 2.33 bits per heavy atom. The van der Waals surface area contributed by atoms with Gasteiger partial charge >= 0.3 is 5.97 Å². The summed E-state index contributed by atoms with van der Waals surface area (Å²) in [6.07, 6.45) is 0. The van der Waals surface area contributed by atoms with Gasteiger partial charge in [0.05, 0.1) is 17.4 Å². The fraction of sp³-hybridized carbons (Fsp3) is 0.235. The standard InChI is InChI=1S/C17H17F2NO5S2/c1-11(20-27(22,23)13-6-4-3-5-7-13)26-12-8-14(18)17(15(19)9-12)25-10-16(21)24-2/h3-9,11,20H,10H2,1-2H3. The highest BCUT2D eigenvalue weighted by Crippen LogP contribution is 2.30. The van der Waals surface area contributed by atoms with Crippen LogP contribution in [0.1, 0.15) is 6.92 Å². The molecule has 6 nitrogen and oxygen atoms in total. The van der Waals surface area contributed by atoms with Gasteiger partial charge in [0.25, 0.3) is 0 Å². The molecule has 0 fully saturated rings. The van der Waals surface area contributed by atoms with Crippen LogP contribution in [0.5, 0.6) is 5.75 Å². The molecule has 1 unspecified atom stereocenters.